The molecule has 3 rings (SSSR count). The fourth-order valence-corrected chi connectivity index (χ4v) is 2.67. The van der Waals surface area contributed by atoms with Crippen LogP contribution in [0.4, 0.5) is 10.1 Å². The Hall–Kier alpha value is -4.26. The Morgan fingerprint density at radius 1 is 1.40 bits per heavy atom. The summed E-state index contributed by atoms with van der Waals surface area (Å²) in [6.07, 6.45) is 1.25. The smallest absolute Gasteiger partial charge is 0.252 e. The third kappa shape index (κ3) is 4.96. The number of nitrogens with one attached hydrogen (secondary N) is 3. The summed E-state index contributed by atoms with van der Waals surface area (Å²) in [5.41, 5.74) is 3.47. The van der Waals surface area contributed by atoms with Crippen molar-refractivity contribution < 1.29 is 18.7 Å². The number of aliphatic imine (C=N–C) groups is 1. The molecule has 0 radical (unpaired) electrons. The molecular formula is C20H17FN6O3. The van der Waals surface area contributed by atoms with Gasteiger partial charge in [-0.3, -0.25) is 14.9 Å². The van der Waals surface area contributed by atoms with E-state index in [1.54, 1.807) is 25.3 Å². The molecule has 9 nitrogen and oxygen atoms in total. The van der Waals surface area contributed by atoms with E-state index in [-0.39, 0.29) is 23.6 Å². The quantitative estimate of drug-likeness (QED) is 0.493. The van der Waals surface area contributed by atoms with E-state index in [1.165, 1.54) is 12.3 Å². The van der Waals surface area contributed by atoms with Crippen LogP contribution in [0.25, 0.3) is 0 Å². The Morgan fingerprint density at radius 3 is 2.97 bits per heavy atom. The number of nitriles is 1. The Morgan fingerprint density at radius 2 is 2.20 bits per heavy atom. The molecule has 2 aromatic carbocycles. The zero-order chi connectivity index (χ0) is 21.5. The van der Waals surface area contributed by atoms with Crippen molar-refractivity contribution in [1.29, 1.82) is 5.26 Å². The number of nitrogens with zero attached hydrogens (tertiary/aromatic N) is 3. The minimum absolute atomic E-state index is 0.0178. The lowest BCUT2D eigenvalue weighted by Crippen LogP contribution is -2.35. The second kappa shape index (κ2) is 9.29. The van der Waals surface area contributed by atoms with Gasteiger partial charge < -0.3 is 10.1 Å². The van der Waals surface area contributed by atoms with Crippen LogP contribution in [0.2, 0.25) is 0 Å². The first-order valence-corrected chi connectivity index (χ1v) is 8.80. The molecule has 0 spiro atoms. The van der Waals surface area contributed by atoms with Gasteiger partial charge in [-0.2, -0.15) is 10.4 Å². The molecule has 0 aliphatic carbocycles. The number of hydrazone groups is 1. The van der Waals surface area contributed by atoms with E-state index in [1.807, 2.05) is 12.1 Å². The number of rotatable bonds is 6. The zero-order valence-corrected chi connectivity index (χ0v) is 15.8. The summed E-state index contributed by atoms with van der Waals surface area (Å²) in [6.45, 7) is 0. The maximum atomic E-state index is 13.2. The summed E-state index contributed by atoms with van der Waals surface area (Å²) in [7, 11) is 1.54. The molecule has 1 unspecified atom stereocenters. The van der Waals surface area contributed by atoms with E-state index < -0.39 is 23.7 Å². The molecule has 0 fully saturated rings. The first kappa shape index (κ1) is 20.5. The number of halogens is 1. The average molecular weight is 408 g/mol. The van der Waals surface area contributed by atoms with Crippen LogP contribution in [0, 0.1) is 17.1 Å². The van der Waals surface area contributed by atoms with Gasteiger partial charge in [0, 0.05) is 5.56 Å². The highest BCUT2D eigenvalue weighted by molar-refractivity contribution is 6.07. The lowest BCUT2D eigenvalue weighted by molar-refractivity contribution is -0.123. The molecule has 2 amide bonds. The summed E-state index contributed by atoms with van der Waals surface area (Å²) in [4.78, 5) is 28.4. The highest BCUT2D eigenvalue weighted by Gasteiger charge is 2.28. The van der Waals surface area contributed by atoms with Crippen LogP contribution in [0.1, 0.15) is 17.5 Å². The SMILES string of the molecule is COc1ccccc1/C=N/NC1=NC(CC(=O)Nc2ccc(F)cc2C#N)C(=O)N1. The van der Waals surface area contributed by atoms with E-state index in [0.29, 0.717) is 5.75 Å². The largest absolute Gasteiger partial charge is 0.496 e. The van der Waals surface area contributed by atoms with Crippen LogP contribution in [0.3, 0.4) is 0 Å². The molecule has 1 atom stereocenters. The number of anilines is 1. The number of hydrogen-bond donors (Lipinski definition) is 3. The van der Waals surface area contributed by atoms with Crippen molar-refractivity contribution in [2.45, 2.75) is 12.5 Å². The van der Waals surface area contributed by atoms with E-state index in [0.717, 1.165) is 17.7 Å². The number of para-hydroxylation sites is 1. The molecule has 0 bridgehead atoms. The minimum Gasteiger partial charge on any atom is -0.496 e. The fraction of sp³-hybridized carbons (Fsp3) is 0.150. The molecule has 30 heavy (non-hydrogen) atoms. The number of carbonyl (C=O) groups is 2. The molecule has 152 valence electrons. The van der Waals surface area contributed by atoms with Crippen molar-refractivity contribution in [3.05, 3.63) is 59.4 Å². The van der Waals surface area contributed by atoms with E-state index >= 15 is 0 Å². The summed E-state index contributed by atoms with van der Waals surface area (Å²) in [5, 5.41) is 18.0. The van der Waals surface area contributed by atoms with E-state index in [9.17, 15) is 14.0 Å². The third-order valence-corrected chi connectivity index (χ3v) is 4.10. The van der Waals surface area contributed by atoms with Gasteiger partial charge in [0.05, 0.1) is 31.0 Å². The van der Waals surface area contributed by atoms with Gasteiger partial charge in [0.2, 0.25) is 11.9 Å². The van der Waals surface area contributed by atoms with Crippen molar-refractivity contribution in [3.8, 4) is 11.8 Å². The predicted molar refractivity (Wildman–Crippen MR) is 107 cm³/mol. The average Bonchev–Trinajstić information content (AvgIpc) is 3.08. The van der Waals surface area contributed by atoms with Gasteiger partial charge in [-0.1, -0.05) is 12.1 Å². The molecular weight excluding hydrogens is 391 g/mol. The molecule has 0 saturated carbocycles. The first-order valence-electron chi connectivity index (χ1n) is 8.80. The van der Waals surface area contributed by atoms with Crippen LogP contribution < -0.4 is 20.8 Å². The maximum Gasteiger partial charge on any atom is 0.252 e. The summed E-state index contributed by atoms with van der Waals surface area (Å²) >= 11 is 0. The topological polar surface area (TPSA) is 128 Å². The lowest BCUT2D eigenvalue weighted by atomic mass is 10.1. The fourth-order valence-electron chi connectivity index (χ4n) is 2.67. The minimum atomic E-state index is -0.958. The molecule has 10 heteroatoms. The molecule has 1 heterocycles. The third-order valence-electron chi connectivity index (χ3n) is 4.10. The molecule has 0 aromatic heterocycles. The van der Waals surface area contributed by atoms with Crippen LogP contribution in [-0.2, 0) is 9.59 Å². The van der Waals surface area contributed by atoms with Gasteiger partial charge in [0.25, 0.3) is 5.91 Å². The van der Waals surface area contributed by atoms with Crippen molar-refractivity contribution in [3.63, 3.8) is 0 Å². The first-order chi connectivity index (χ1) is 14.5. The lowest BCUT2D eigenvalue weighted by Gasteiger charge is -2.08. The van der Waals surface area contributed by atoms with Gasteiger partial charge in [-0.25, -0.2) is 14.8 Å². The second-order valence-corrected chi connectivity index (χ2v) is 6.15. The van der Waals surface area contributed by atoms with Gasteiger partial charge in [-0.05, 0) is 30.3 Å². The molecule has 0 saturated heterocycles. The highest BCUT2D eigenvalue weighted by Crippen LogP contribution is 2.17. The summed E-state index contributed by atoms with van der Waals surface area (Å²) in [6, 6.07) is 11.5. The number of carbonyl (C=O) groups excluding carboxylic acids is 2. The van der Waals surface area contributed by atoms with Crippen LogP contribution in [-0.4, -0.2) is 37.1 Å². The predicted octanol–water partition coefficient (Wildman–Crippen LogP) is 1.51. The molecule has 1 aliphatic heterocycles. The van der Waals surface area contributed by atoms with Crippen molar-refractivity contribution in [2.24, 2.45) is 10.1 Å². The van der Waals surface area contributed by atoms with Crippen molar-refractivity contribution in [1.82, 2.24) is 10.7 Å². The van der Waals surface area contributed by atoms with Gasteiger partial charge in [0.15, 0.2) is 0 Å². The summed E-state index contributed by atoms with van der Waals surface area (Å²) < 4.78 is 18.4. The normalized spacial score (nSPS) is 15.3. The second-order valence-electron chi connectivity index (χ2n) is 6.15. The number of benzene rings is 2. The van der Waals surface area contributed by atoms with Crippen LogP contribution in [0.15, 0.2) is 52.6 Å². The van der Waals surface area contributed by atoms with Crippen LogP contribution in [0.5, 0.6) is 5.75 Å². The molecule has 1 aliphatic rings. The Labute approximate surface area is 171 Å². The summed E-state index contributed by atoms with van der Waals surface area (Å²) in [5.74, 6) is -0.870. The number of guanidine groups is 1. The number of amides is 2. The number of ether oxygens (including phenoxy) is 1. The Bertz CT molecular complexity index is 1080. The Kier molecular flexibility index (Phi) is 6.34. The number of hydrogen-bond acceptors (Lipinski definition) is 7. The van der Waals surface area contributed by atoms with Crippen LogP contribution >= 0.6 is 0 Å². The van der Waals surface area contributed by atoms with E-state index in [2.05, 4.69) is 26.2 Å². The van der Waals surface area contributed by atoms with Gasteiger partial charge in [-0.15, -0.1) is 0 Å². The molecule has 2 aromatic rings. The molecule has 3 N–H and O–H groups in total. The standard InChI is InChI=1S/C20H17FN6O3/c1-30-17-5-3-2-4-12(17)11-23-27-20-25-16(19(29)26-20)9-18(28)24-15-7-6-14(21)8-13(15)10-22/h2-8,11,16H,9H2,1H3,(H,24,28)(H2,25,26,27,29)/b23-11+. The highest BCUT2D eigenvalue weighted by atomic mass is 19.1. The van der Waals surface area contributed by atoms with Gasteiger partial charge >= 0.3 is 0 Å². The van der Waals surface area contributed by atoms with Crippen molar-refractivity contribution >= 4 is 29.7 Å². The van der Waals surface area contributed by atoms with Gasteiger partial charge in [0.1, 0.15) is 23.7 Å². The maximum absolute atomic E-state index is 13.2. The Balaban J connectivity index is 1.60. The zero-order valence-electron chi connectivity index (χ0n) is 15.8. The van der Waals surface area contributed by atoms with E-state index in [4.69, 9.17) is 10.00 Å². The number of methoxy groups -OCH3 is 1. The monoisotopic (exact) mass is 408 g/mol. The van der Waals surface area contributed by atoms with Crippen molar-refractivity contribution in [2.75, 3.05) is 12.4 Å².